The molecule has 0 fully saturated rings. The Hall–Kier alpha value is -4.56. The second kappa shape index (κ2) is 7.36. The van der Waals surface area contributed by atoms with E-state index in [0.29, 0.717) is 33.7 Å². The number of hydrogen-bond donors (Lipinski definition) is 2. The number of pyridine rings is 1. The minimum Gasteiger partial charge on any atom is -0.453 e. The summed E-state index contributed by atoms with van der Waals surface area (Å²) < 4.78 is 6.25. The molecule has 0 saturated heterocycles. The average Bonchev–Trinajstić information content (AvgIpc) is 2.82. The Morgan fingerprint density at radius 1 is 0.935 bits per heavy atom. The van der Waals surface area contributed by atoms with Crippen LogP contribution in [0.5, 0.6) is 0 Å². The van der Waals surface area contributed by atoms with Gasteiger partial charge in [0.2, 0.25) is 0 Å². The maximum Gasteiger partial charge on any atom is 0.171 e. The van der Waals surface area contributed by atoms with Gasteiger partial charge in [-0.25, -0.2) is 0 Å². The number of fused-ring (bicyclic) bond motifs is 2. The Kier molecular flexibility index (Phi) is 4.38. The Bertz CT molecular complexity index is 1580. The maximum absolute atomic E-state index is 9.76. The predicted molar refractivity (Wildman–Crippen MR) is 122 cm³/mol. The van der Waals surface area contributed by atoms with E-state index in [0.717, 1.165) is 21.9 Å². The number of nitrogens with zero attached hydrogens (tertiary/aromatic N) is 2. The molecular formula is C26H17N3O2. The average molecular weight is 403 g/mol. The molecule has 0 aliphatic carbocycles. The first-order chi connectivity index (χ1) is 15.2. The zero-order valence-corrected chi connectivity index (χ0v) is 16.4. The third-order valence-corrected chi connectivity index (χ3v) is 5.24. The van der Waals surface area contributed by atoms with Gasteiger partial charge in [0.1, 0.15) is 16.6 Å². The fourth-order valence-corrected chi connectivity index (χ4v) is 3.73. The van der Waals surface area contributed by atoms with Crippen LogP contribution < -0.4 is 11.1 Å². The zero-order valence-electron chi connectivity index (χ0n) is 16.4. The van der Waals surface area contributed by atoms with Crippen LogP contribution in [0.1, 0.15) is 5.56 Å². The molecule has 31 heavy (non-hydrogen) atoms. The summed E-state index contributed by atoms with van der Waals surface area (Å²) in [5, 5.41) is 16.1. The number of benzene rings is 3. The van der Waals surface area contributed by atoms with Crippen molar-refractivity contribution in [2.45, 2.75) is 0 Å². The molecule has 0 amide bonds. The van der Waals surface area contributed by atoms with Crippen LogP contribution in [-0.4, -0.2) is 10.2 Å². The molecule has 5 heteroatoms. The van der Waals surface area contributed by atoms with Crippen LogP contribution in [0.4, 0.5) is 5.69 Å². The van der Waals surface area contributed by atoms with Crippen molar-refractivity contribution in [2.24, 2.45) is 5.16 Å². The fourth-order valence-electron chi connectivity index (χ4n) is 3.73. The topological polar surface area (TPSA) is 84.6 Å². The molecule has 5 rings (SSSR count). The Morgan fingerprint density at radius 2 is 1.74 bits per heavy atom. The van der Waals surface area contributed by atoms with Crippen molar-refractivity contribution in [3.8, 4) is 34.9 Å². The van der Waals surface area contributed by atoms with Gasteiger partial charge in [0, 0.05) is 22.7 Å². The van der Waals surface area contributed by atoms with Crippen LogP contribution in [-0.2, 0) is 0 Å². The summed E-state index contributed by atoms with van der Waals surface area (Å²) >= 11 is 0. The molecule has 0 bridgehead atoms. The van der Waals surface area contributed by atoms with Gasteiger partial charge in [-0.2, -0.15) is 0 Å². The van der Waals surface area contributed by atoms with Gasteiger partial charge in [-0.1, -0.05) is 53.5 Å². The summed E-state index contributed by atoms with van der Waals surface area (Å²) in [6, 6.07) is 23.0. The molecule has 0 atom stereocenters. The second-order valence-corrected chi connectivity index (χ2v) is 7.15. The van der Waals surface area contributed by atoms with Crippen molar-refractivity contribution in [1.29, 1.82) is 0 Å². The summed E-state index contributed by atoms with van der Waals surface area (Å²) in [6.07, 6.45) is 7.55. The number of rotatable bonds is 2. The Morgan fingerprint density at radius 3 is 2.52 bits per heavy atom. The van der Waals surface area contributed by atoms with Gasteiger partial charge in [0.15, 0.2) is 5.76 Å². The van der Waals surface area contributed by atoms with Crippen molar-refractivity contribution in [1.82, 2.24) is 4.98 Å². The highest BCUT2D eigenvalue weighted by atomic mass is 16.4. The summed E-state index contributed by atoms with van der Waals surface area (Å²) in [4.78, 5) is 4.53. The van der Waals surface area contributed by atoms with Gasteiger partial charge in [-0.15, -0.1) is 6.42 Å². The molecule has 3 aromatic carbocycles. The lowest BCUT2D eigenvalue weighted by molar-refractivity contribution is 0.302. The summed E-state index contributed by atoms with van der Waals surface area (Å²) in [6.45, 7) is 0. The van der Waals surface area contributed by atoms with Crippen LogP contribution in [0, 0.1) is 12.3 Å². The minimum atomic E-state index is 0.271. The van der Waals surface area contributed by atoms with E-state index in [4.69, 9.17) is 16.6 Å². The molecule has 148 valence electrons. The number of aromatic nitrogens is 1. The monoisotopic (exact) mass is 403 g/mol. The summed E-state index contributed by atoms with van der Waals surface area (Å²) in [5.41, 5.74) is 9.90. The van der Waals surface area contributed by atoms with Gasteiger partial charge in [-0.3, -0.25) is 4.98 Å². The van der Waals surface area contributed by atoms with Crippen molar-refractivity contribution in [2.75, 3.05) is 5.73 Å². The summed E-state index contributed by atoms with van der Waals surface area (Å²) in [7, 11) is 0. The van der Waals surface area contributed by atoms with Gasteiger partial charge in [0.25, 0.3) is 0 Å². The molecule has 5 aromatic rings. The normalized spacial score (nSPS) is 11.6. The lowest BCUT2D eigenvalue weighted by atomic mass is 10.0. The molecule has 5 nitrogen and oxygen atoms in total. The van der Waals surface area contributed by atoms with Crippen LogP contribution in [0.3, 0.4) is 0 Å². The Balaban J connectivity index is 1.80. The van der Waals surface area contributed by atoms with Crippen molar-refractivity contribution >= 4 is 27.4 Å². The van der Waals surface area contributed by atoms with Crippen molar-refractivity contribution in [3.63, 3.8) is 0 Å². The predicted octanol–water partition coefficient (Wildman–Crippen LogP) is 5.17. The van der Waals surface area contributed by atoms with Gasteiger partial charge < -0.3 is 15.4 Å². The lowest BCUT2D eigenvalue weighted by Gasteiger charge is -2.10. The molecule has 0 unspecified atom stereocenters. The third kappa shape index (κ3) is 3.17. The second-order valence-electron chi connectivity index (χ2n) is 7.15. The zero-order chi connectivity index (χ0) is 21.4. The molecule has 2 aromatic heterocycles. The molecular weight excluding hydrogens is 386 g/mol. The number of anilines is 1. The number of nitrogen functional groups attached to an aromatic ring is 1. The van der Waals surface area contributed by atoms with Crippen LogP contribution in [0.2, 0.25) is 0 Å². The van der Waals surface area contributed by atoms with Crippen LogP contribution in [0.25, 0.3) is 44.3 Å². The van der Waals surface area contributed by atoms with Crippen LogP contribution in [0.15, 0.2) is 88.6 Å². The van der Waals surface area contributed by atoms with Gasteiger partial charge >= 0.3 is 0 Å². The van der Waals surface area contributed by atoms with E-state index >= 15 is 0 Å². The maximum atomic E-state index is 9.76. The van der Waals surface area contributed by atoms with Crippen LogP contribution >= 0.6 is 0 Å². The number of nitrogens with two attached hydrogens (primary N) is 1. The minimum absolute atomic E-state index is 0.271. The van der Waals surface area contributed by atoms with Gasteiger partial charge in [0.05, 0.1) is 5.56 Å². The van der Waals surface area contributed by atoms with E-state index in [-0.39, 0.29) is 5.36 Å². The van der Waals surface area contributed by atoms with E-state index < -0.39 is 0 Å². The molecule has 2 heterocycles. The fraction of sp³-hybridized carbons (Fsp3) is 0. The smallest absolute Gasteiger partial charge is 0.171 e. The lowest BCUT2D eigenvalue weighted by Crippen LogP contribution is -2.11. The first-order valence-corrected chi connectivity index (χ1v) is 9.64. The molecule has 0 saturated carbocycles. The van der Waals surface area contributed by atoms with E-state index in [1.165, 1.54) is 0 Å². The molecule has 3 N–H and O–H groups in total. The number of hydrogen-bond acceptors (Lipinski definition) is 5. The standard InChI is InChI=1S/C26H17N3O2/c1-2-21-25(29-30)22-11-10-18(16-8-5-9-20(27)12-16)14-24(22)31-26(21)23-13-17-6-3-4-7-19(17)15-28-23/h1,3-15,30H,27H2/b29-25-. The van der Waals surface area contributed by atoms with E-state index in [2.05, 4.69) is 16.1 Å². The molecule has 0 aliphatic heterocycles. The van der Waals surface area contributed by atoms with Crippen molar-refractivity contribution in [3.05, 3.63) is 89.9 Å². The number of terminal acetylenes is 1. The third-order valence-electron chi connectivity index (χ3n) is 5.24. The van der Waals surface area contributed by atoms with E-state index in [9.17, 15) is 5.21 Å². The van der Waals surface area contributed by atoms with Gasteiger partial charge in [-0.05, 0) is 46.8 Å². The first kappa shape index (κ1) is 18.5. The quantitative estimate of drug-likeness (QED) is 0.184. The molecule has 0 radical (unpaired) electrons. The summed E-state index contributed by atoms with van der Waals surface area (Å²) in [5.74, 6) is 2.98. The largest absolute Gasteiger partial charge is 0.453 e. The Labute approximate surface area is 178 Å². The molecule has 0 spiro atoms. The first-order valence-electron chi connectivity index (χ1n) is 9.64. The highest BCUT2D eigenvalue weighted by molar-refractivity contribution is 5.88. The van der Waals surface area contributed by atoms with E-state index in [1.54, 1.807) is 6.20 Å². The highest BCUT2D eigenvalue weighted by Crippen LogP contribution is 2.30. The van der Waals surface area contributed by atoms with Crippen molar-refractivity contribution < 1.29 is 9.62 Å². The molecule has 0 aliphatic rings. The van der Waals surface area contributed by atoms with E-state index in [1.807, 2.05) is 72.8 Å². The highest BCUT2D eigenvalue weighted by Gasteiger charge is 2.16. The SMILES string of the molecule is C#Cc1c(-c2cc3ccccc3cn2)oc2cc(-c3cccc(N)c3)ccc2/c1=N\O.